The van der Waals surface area contributed by atoms with Gasteiger partial charge in [0, 0.05) is 45.2 Å². The van der Waals surface area contributed by atoms with Gasteiger partial charge in [-0.3, -0.25) is 9.59 Å². The molecule has 142 valence electrons. The first-order valence-electron chi connectivity index (χ1n) is 9.60. The van der Waals surface area contributed by atoms with E-state index in [0.717, 1.165) is 18.4 Å². The van der Waals surface area contributed by atoms with Gasteiger partial charge in [0.05, 0.1) is 0 Å². The second-order valence-corrected chi connectivity index (χ2v) is 7.10. The second kappa shape index (κ2) is 7.96. The number of hydrogen-bond acceptors (Lipinski definition) is 3. The monoisotopic (exact) mass is 367 g/mol. The quantitative estimate of drug-likeness (QED) is 0.830. The average molecular weight is 367 g/mol. The number of piperazine rings is 1. The molecule has 2 fully saturated rings. The molecule has 0 bridgehead atoms. The van der Waals surface area contributed by atoms with Gasteiger partial charge in [-0.2, -0.15) is 0 Å². The Morgan fingerprint density at radius 3 is 2.22 bits per heavy atom. The van der Waals surface area contributed by atoms with Crippen molar-refractivity contribution in [2.75, 3.05) is 32.8 Å². The van der Waals surface area contributed by atoms with Crippen LogP contribution in [0.5, 0.6) is 0 Å². The van der Waals surface area contributed by atoms with Crippen molar-refractivity contribution < 1.29 is 14.3 Å². The van der Waals surface area contributed by atoms with E-state index < -0.39 is 0 Å². The standard InChI is InChI=1S/C21H25N3O3/c25-20(18-9-6-16-27-18)23-12-14-24(15-13-23)21(26)19(22-10-4-5-11-22)17-7-2-1-3-8-17/h1-5,7-8,10-11,18-19H,6,9,12-16H2. The van der Waals surface area contributed by atoms with Crippen molar-refractivity contribution in [3.63, 3.8) is 0 Å². The fraction of sp³-hybridized carbons (Fsp3) is 0.429. The van der Waals surface area contributed by atoms with E-state index in [1.807, 2.05) is 69.2 Å². The zero-order valence-electron chi connectivity index (χ0n) is 15.4. The van der Waals surface area contributed by atoms with E-state index in [1.165, 1.54) is 0 Å². The molecule has 2 aromatic rings. The summed E-state index contributed by atoms with van der Waals surface area (Å²) in [5.41, 5.74) is 0.969. The van der Waals surface area contributed by atoms with Crippen molar-refractivity contribution in [3.8, 4) is 0 Å². The molecule has 0 radical (unpaired) electrons. The molecule has 2 atom stereocenters. The molecule has 0 spiro atoms. The van der Waals surface area contributed by atoms with E-state index in [-0.39, 0.29) is 24.0 Å². The lowest BCUT2D eigenvalue weighted by Crippen LogP contribution is -2.54. The van der Waals surface area contributed by atoms with Crippen LogP contribution in [0.25, 0.3) is 0 Å². The summed E-state index contributed by atoms with van der Waals surface area (Å²) in [6.45, 7) is 2.92. The molecule has 1 aromatic carbocycles. The van der Waals surface area contributed by atoms with E-state index in [1.54, 1.807) is 0 Å². The van der Waals surface area contributed by atoms with E-state index in [0.29, 0.717) is 32.8 Å². The van der Waals surface area contributed by atoms with Gasteiger partial charge < -0.3 is 19.1 Å². The highest BCUT2D eigenvalue weighted by Gasteiger charge is 2.33. The first-order chi connectivity index (χ1) is 13.2. The Kier molecular flexibility index (Phi) is 5.25. The molecule has 0 N–H and O–H groups in total. The summed E-state index contributed by atoms with van der Waals surface area (Å²) in [5, 5.41) is 0. The smallest absolute Gasteiger partial charge is 0.251 e. The molecule has 0 aliphatic carbocycles. The molecule has 27 heavy (non-hydrogen) atoms. The number of carbonyl (C=O) groups is 2. The zero-order chi connectivity index (χ0) is 18.6. The number of aromatic nitrogens is 1. The third-order valence-electron chi connectivity index (χ3n) is 5.38. The zero-order valence-corrected chi connectivity index (χ0v) is 15.4. The van der Waals surface area contributed by atoms with E-state index in [9.17, 15) is 9.59 Å². The minimum atomic E-state index is -0.374. The number of rotatable bonds is 4. The highest BCUT2D eigenvalue weighted by Crippen LogP contribution is 2.23. The lowest BCUT2D eigenvalue weighted by Gasteiger charge is -2.37. The topological polar surface area (TPSA) is 54.8 Å². The van der Waals surface area contributed by atoms with Gasteiger partial charge in [-0.25, -0.2) is 0 Å². The van der Waals surface area contributed by atoms with Gasteiger partial charge in [0.15, 0.2) is 0 Å². The molecule has 2 saturated heterocycles. The Balaban J connectivity index is 1.45. The fourth-order valence-electron chi connectivity index (χ4n) is 3.89. The number of benzene rings is 1. The Bertz CT molecular complexity index is 761. The molecule has 2 amide bonds. The largest absolute Gasteiger partial charge is 0.368 e. The van der Waals surface area contributed by atoms with Crippen molar-refractivity contribution in [2.24, 2.45) is 0 Å². The third kappa shape index (κ3) is 3.76. The lowest BCUT2D eigenvalue weighted by molar-refractivity contribution is -0.146. The van der Waals surface area contributed by atoms with E-state index >= 15 is 0 Å². The van der Waals surface area contributed by atoms with Gasteiger partial charge in [0.2, 0.25) is 5.91 Å². The van der Waals surface area contributed by atoms with E-state index in [2.05, 4.69) is 0 Å². The lowest BCUT2D eigenvalue weighted by atomic mass is 10.0. The van der Waals surface area contributed by atoms with Gasteiger partial charge in [0.1, 0.15) is 12.1 Å². The highest BCUT2D eigenvalue weighted by molar-refractivity contribution is 5.85. The van der Waals surface area contributed by atoms with Crippen molar-refractivity contribution in [1.29, 1.82) is 0 Å². The SMILES string of the molecule is O=C(C1CCCO1)N1CCN(C(=O)C(c2ccccc2)n2cccc2)CC1. The molecule has 2 aliphatic rings. The summed E-state index contributed by atoms with van der Waals surface area (Å²) >= 11 is 0. The van der Waals surface area contributed by atoms with Crippen LogP contribution in [0.1, 0.15) is 24.4 Å². The first kappa shape index (κ1) is 17.8. The third-order valence-corrected chi connectivity index (χ3v) is 5.38. The van der Waals surface area contributed by atoms with Crippen LogP contribution >= 0.6 is 0 Å². The van der Waals surface area contributed by atoms with Crippen LogP contribution in [0.15, 0.2) is 54.9 Å². The van der Waals surface area contributed by atoms with E-state index in [4.69, 9.17) is 4.74 Å². The summed E-state index contributed by atoms with van der Waals surface area (Å²) in [6.07, 6.45) is 5.32. The van der Waals surface area contributed by atoms with Crippen molar-refractivity contribution in [2.45, 2.75) is 25.0 Å². The predicted octanol–water partition coefficient (Wildman–Crippen LogP) is 1.93. The minimum absolute atomic E-state index is 0.0709. The Hall–Kier alpha value is -2.60. The Morgan fingerprint density at radius 2 is 1.59 bits per heavy atom. The van der Waals surface area contributed by atoms with Crippen LogP contribution in [0.4, 0.5) is 0 Å². The minimum Gasteiger partial charge on any atom is -0.368 e. The summed E-state index contributed by atoms with van der Waals surface area (Å²) < 4.78 is 7.46. The van der Waals surface area contributed by atoms with Crippen molar-refractivity contribution in [1.82, 2.24) is 14.4 Å². The predicted molar refractivity (Wildman–Crippen MR) is 101 cm³/mol. The van der Waals surface area contributed by atoms with Gasteiger partial charge in [-0.05, 0) is 30.5 Å². The van der Waals surface area contributed by atoms with Crippen LogP contribution < -0.4 is 0 Å². The van der Waals surface area contributed by atoms with Gasteiger partial charge in [-0.1, -0.05) is 30.3 Å². The number of ether oxygens (including phenoxy) is 1. The molecule has 6 nitrogen and oxygen atoms in total. The first-order valence-corrected chi connectivity index (χ1v) is 9.60. The molecule has 3 heterocycles. The van der Waals surface area contributed by atoms with Crippen LogP contribution in [0.2, 0.25) is 0 Å². The van der Waals surface area contributed by atoms with Crippen molar-refractivity contribution in [3.05, 3.63) is 60.4 Å². The summed E-state index contributed by atoms with van der Waals surface area (Å²) in [6, 6.07) is 13.3. The van der Waals surface area contributed by atoms with Crippen LogP contribution in [-0.4, -0.2) is 65.1 Å². The van der Waals surface area contributed by atoms with Crippen LogP contribution in [-0.2, 0) is 14.3 Å². The summed E-state index contributed by atoms with van der Waals surface area (Å²) in [5.74, 6) is 0.145. The number of carbonyl (C=O) groups excluding carboxylic acids is 2. The van der Waals surface area contributed by atoms with Gasteiger partial charge in [-0.15, -0.1) is 0 Å². The highest BCUT2D eigenvalue weighted by atomic mass is 16.5. The van der Waals surface area contributed by atoms with Crippen molar-refractivity contribution >= 4 is 11.8 Å². The van der Waals surface area contributed by atoms with Crippen LogP contribution in [0.3, 0.4) is 0 Å². The maximum absolute atomic E-state index is 13.3. The maximum Gasteiger partial charge on any atom is 0.251 e. The molecule has 6 heteroatoms. The molecule has 1 aromatic heterocycles. The number of amides is 2. The molecular formula is C21H25N3O3. The molecular weight excluding hydrogens is 342 g/mol. The second-order valence-electron chi connectivity index (χ2n) is 7.10. The average Bonchev–Trinajstić information content (AvgIpc) is 3.43. The molecule has 2 aliphatic heterocycles. The summed E-state index contributed by atoms with van der Waals surface area (Å²) in [4.78, 5) is 29.5. The Labute approximate surface area is 159 Å². The maximum atomic E-state index is 13.3. The van der Waals surface area contributed by atoms with Crippen LogP contribution in [0, 0.1) is 0 Å². The Morgan fingerprint density at radius 1 is 0.926 bits per heavy atom. The fourth-order valence-corrected chi connectivity index (χ4v) is 3.89. The summed E-state index contributed by atoms with van der Waals surface area (Å²) in [7, 11) is 0. The molecule has 4 rings (SSSR count). The van der Waals surface area contributed by atoms with Gasteiger partial charge >= 0.3 is 0 Å². The van der Waals surface area contributed by atoms with Gasteiger partial charge in [0.25, 0.3) is 5.91 Å². The molecule has 2 unspecified atom stereocenters. The number of nitrogens with zero attached hydrogens (tertiary/aromatic N) is 3. The number of hydrogen-bond donors (Lipinski definition) is 0. The normalized spacial score (nSPS) is 21.3. The molecule has 0 saturated carbocycles.